The molecule has 0 radical (unpaired) electrons. The first-order valence-electron chi connectivity index (χ1n) is 13.5. The SMILES string of the molecule is Cc1ccccc1-c1cc2ccc(S(=O)(=O)NC3CCC(C(=O)N4CCOCC4C4CC4)CC3)cc2[nH]1. The fourth-order valence-electron chi connectivity index (χ4n) is 6.04. The Bertz CT molecular complexity index is 1400. The summed E-state index contributed by atoms with van der Waals surface area (Å²) in [5, 5.41) is 0.976. The Morgan fingerprint density at radius 1 is 1.03 bits per heavy atom. The first kappa shape index (κ1) is 24.6. The lowest BCUT2D eigenvalue weighted by Crippen LogP contribution is -2.52. The van der Waals surface area contributed by atoms with Crippen molar-refractivity contribution >= 4 is 26.8 Å². The van der Waals surface area contributed by atoms with E-state index in [1.165, 1.54) is 12.8 Å². The molecule has 8 heteroatoms. The zero-order chi connectivity index (χ0) is 25.6. The number of sulfonamides is 1. The van der Waals surface area contributed by atoms with Crippen molar-refractivity contribution in [2.75, 3.05) is 19.8 Å². The van der Waals surface area contributed by atoms with Gasteiger partial charge < -0.3 is 14.6 Å². The Morgan fingerprint density at radius 3 is 2.57 bits per heavy atom. The maximum absolute atomic E-state index is 13.3. The second-order valence-corrected chi connectivity index (χ2v) is 12.6. The number of nitrogens with zero attached hydrogens (tertiary/aromatic N) is 1. The number of hydrogen-bond acceptors (Lipinski definition) is 4. The predicted octanol–water partition coefficient (Wildman–Crippen LogP) is 4.62. The highest BCUT2D eigenvalue weighted by molar-refractivity contribution is 7.89. The van der Waals surface area contributed by atoms with E-state index in [9.17, 15) is 13.2 Å². The van der Waals surface area contributed by atoms with E-state index >= 15 is 0 Å². The van der Waals surface area contributed by atoms with E-state index < -0.39 is 10.0 Å². The van der Waals surface area contributed by atoms with Gasteiger partial charge in [-0.1, -0.05) is 30.3 Å². The van der Waals surface area contributed by atoms with Crippen LogP contribution in [0, 0.1) is 18.8 Å². The van der Waals surface area contributed by atoms with Crippen molar-refractivity contribution in [3.8, 4) is 11.3 Å². The lowest BCUT2D eigenvalue weighted by Gasteiger charge is -2.39. The molecule has 0 spiro atoms. The number of H-pyrrole nitrogens is 1. The minimum atomic E-state index is -3.67. The quantitative estimate of drug-likeness (QED) is 0.495. The van der Waals surface area contributed by atoms with E-state index in [2.05, 4.69) is 39.7 Å². The summed E-state index contributed by atoms with van der Waals surface area (Å²) in [6.07, 6.45) is 5.17. The molecule has 3 fully saturated rings. The van der Waals surface area contributed by atoms with Gasteiger partial charge in [-0.15, -0.1) is 0 Å². The Balaban J connectivity index is 1.11. The maximum Gasteiger partial charge on any atom is 0.240 e. The number of hydrogen-bond donors (Lipinski definition) is 2. The topological polar surface area (TPSA) is 91.5 Å². The average Bonchev–Trinajstić information content (AvgIpc) is 3.67. The first-order chi connectivity index (χ1) is 17.9. The lowest BCUT2D eigenvalue weighted by molar-refractivity contribution is -0.146. The number of aromatic nitrogens is 1. The van der Waals surface area contributed by atoms with E-state index in [4.69, 9.17) is 4.74 Å². The van der Waals surface area contributed by atoms with Crippen LogP contribution in [0.3, 0.4) is 0 Å². The van der Waals surface area contributed by atoms with Crippen LogP contribution < -0.4 is 4.72 Å². The largest absolute Gasteiger partial charge is 0.377 e. The Labute approximate surface area is 218 Å². The van der Waals surface area contributed by atoms with E-state index in [0.717, 1.165) is 40.6 Å². The predicted molar refractivity (Wildman–Crippen MR) is 144 cm³/mol. The van der Waals surface area contributed by atoms with Gasteiger partial charge in [0.2, 0.25) is 15.9 Å². The molecule has 2 aliphatic carbocycles. The average molecular weight is 522 g/mol. The lowest BCUT2D eigenvalue weighted by atomic mass is 9.85. The zero-order valence-electron chi connectivity index (χ0n) is 21.3. The maximum atomic E-state index is 13.3. The number of morpholine rings is 1. The van der Waals surface area contributed by atoms with Crippen LogP contribution >= 0.6 is 0 Å². The molecule has 196 valence electrons. The monoisotopic (exact) mass is 521 g/mol. The van der Waals surface area contributed by atoms with Crippen LogP contribution in [0.15, 0.2) is 53.4 Å². The molecule has 6 rings (SSSR count). The summed E-state index contributed by atoms with van der Waals surface area (Å²) >= 11 is 0. The molecular formula is C29H35N3O4S. The number of aryl methyl sites for hydroxylation is 1. The van der Waals surface area contributed by atoms with Crippen molar-refractivity contribution in [1.29, 1.82) is 0 Å². The summed E-state index contributed by atoms with van der Waals surface area (Å²) in [6, 6.07) is 15.5. The summed E-state index contributed by atoms with van der Waals surface area (Å²) in [6.45, 7) is 4.01. The van der Waals surface area contributed by atoms with Gasteiger partial charge in [0.15, 0.2) is 0 Å². The molecule has 7 nitrogen and oxygen atoms in total. The highest BCUT2D eigenvalue weighted by atomic mass is 32.2. The van der Waals surface area contributed by atoms with Crippen LogP contribution in [0.5, 0.6) is 0 Å². The molecule has 2 aromatic carbocycles. The van der Waals surface area contributed by atoms with Crippen LogP contribution in [0.1, 0.15) is 44.1 Å². The number of nitrogens with one attached hydrogen (secondary N) is 2. The van der Waals surface area contributed by atoms with E-state index in [1.807, 2.05) is 18.2 Å². The van der Waals surface area contributed by atoms with Crippen LogP contribution in [0.25, 0.3) is 22.2 Å². The van der Waals surface area contributed by atoms with Gasteiger partial charge in [-0.3, -0.25) is 4.79 Å². The van der Waals surface area contributed by atoms with Gasteiger partial charge >= 0.3 is 0 Å². The van der Waals surface area contributed by atoms with E-state index in [-0.39, 0.29) is 28.8 Å². The van der Waals surface area contributed by atoms with Crippen molar-refractivity contribution in [1.82, 2.24) is 14.6 Å². The summed E-state index contributed by atoms with van der Waals surface area (Å²) in [5.41, 5.74) is 4.04. The third-order valence-electron chi connectivity index (χ3n) is 8.35. The molecule has 1 amide bonds. The fraction of sp³-hybridized carbons (Fsp3) is 0.483. The molecule has 3 aromatic rings. The molecule has 1 aromatic heterocycles. The molecule has 2 heterocycles. The molecular weight excluding hydrogens is 486 g/mol. The van der Waals surface area contributed by atoms with Crippen LogP contribution in [-0.2, 0) is 19.6 Å². The number of fused-ring (bicyclic) bond motifs is 1. The van der Waals surface area contributed by atoms with Gasteiger partial charge in [0.05, 0.1) is 24.2 Å². The van der Waals surface area contributed by atoms with Gasteiger partial charge in [0.1, 0.15) is 0 Å². The number of amides is 1. The van der Waals surface area contributed by atoms with Crippen molar-refractivity contribution < 1.29 is 17.9 Å². The Morgan fingerprint density at radius 2 is 1.81 bits per heavy atom. The molecule has 3 aliphatic rings. The third-order valence-corrected chi connectivity index (χ3v) is 9.87. The Hall–Kier alpha value is -2.68. The normalized spacial score (nSPS) is 24.9. The van der Waals surface area contributed by atoms with E-state index in [1.54, 1.807) is 12.1 Å². The van der Waals surface area contributed by atoms with Gasteiger partial charge in [0, 0.05) is 40.7 Å². The van der Waals surface area contributed by atoms with Crippen molar-refractivity contribution in [2.45, 2.75) is 62.4 Å². The van der Waals surface area contributed by atoms with E-state index in [0.29, 0.717) is 38.5 Å². The standard InChI is InChI=1S/C29H35N3O4S/c1-19-4-2-3-5-25(19)27-16-22-10-13-24(17-26(22)30-27)37(34,35)31-23-11-8-21(9-12-23)29(33)32-14-15-36-18-28(32)20-6-7-20/h2-5,10,13,16-17,20-21,23,28,30-31H,6-9,11-12,14-15,18H2,1H3. The molecule has 1 aliphatic heterocycles. The number of aromatic amines is 1. The fourth-order valence-corrected chi connectivity index (χ4v) is 7.37. The number of benzene rings is 2. The molecule has 1 unspecified atom stereocenters. The third kappa shape index (κ3) is 5.07. The van der Waals surface area contributed by atoms with Crippen molar-refractivity contribution in [3.63, 3.8) is 0 Å². The minimum Gasteiger partial charge on any atom is -0.377 e. The molecule has 1 saturated heterocycles. The van der Waals surface area contributed by atoms with Crippen LogP contribution in [0.2, 0.25) is 0 Å². The summed E-state index contributed by atoms with van der Waals surface area (Å²) in [7, 11) is -3.67. The summed E-state index contributed by atoms with van der Waals surface area (Å²) in [4.78, 5) is 19.0. The molecule has 2 saturated carbocycles. The molecule has 37 heavy (non-hydrogen) atoms. The highest BCUT2D eigenvalue weighted by Crippen LogP contribution is 2.38. The number of carbonyl (C=O) groups is 1. The molecule has 0 bridgehead atoms. The minimum absolute atomic E-state index is 0.0183. The summed E-state index contributed by atoms with van der Waals surface area (Å²) in [5.74, 6) is 0.815. The van der Waals surface area contributed by atoms with Gasteiger partial charge in [0.25, 0.3) is 0 Å². The Kier molecular flexibility index (Phi) is 6.59. The number of carbonyl (C=O) groups excluding carboxylic acids is 1. The second-order valence-electron chi connectivity index (χ2n) is 10.9. The van der Waals surface area contributed by atoms with Gasteiger partial charge in [-0.25, -0.2) is 13.1 Å². The second kappa shape index (κ2) is 9.89. The highest BCUT2D eigenvalue weighted by Gasteiger charge is 2.41. The van der Waals surface area contributed by atoms with Crippen molar-refractivity contribution in [3.05, 3.63) is 54.1 Å². The van der Waals surface area contributed by atoms with Crippen molar-refractivity contribution in [2.24, 2.45) is 11.8 Å². The van der Waals surface area contributed by atoms with Gasteiger partial charge in [-0.2, -0.15) is 0 Å². The zero-order valence-corrected chi connectivity index (χ0v) is 22.1. The molecule has 1 atom stereocenters. The smallest absolute Gasteiger partial charge is 0.240 e. The summed E-state index contributed by atoms with van der Waals surface area (Å²) < 4.78 is 35.1. The first-order valence-corrected chi connectivity index (χ1v) is 15.0. The van der Waals surface area contributed by atoms with Crippen LogP contribution in [0.4, 0.5) is 0 Å². The van der Waals surface area contributed by atoms with Gasteiger partial charge in [-0.05, 0) is 75.1 Å². The molecule has 2 N–H and O–H groups in total. The number of rotatable bonds is 6. The van der Waals surface area contributed by atoms with Crippen LogP contribution in [-0.4, -0.2) is 56.1 Å². The number of ether oxygens (including phenoxy) is 1.